The normalized spacial score (nSPS) is 9.89. The summed E-state index contributed by atoms with van der Waals surface area (Å²) in [5.74, 6) is 0. The van der Waals surface area contributed by atoms with Crippen molar-refractivity contribution in [3.63, 3.8) is 0 Å². The Kier molecular flexibility index (Phi) is 2.74. The van der Waals surface area contributed by atoms with E-state index in [1.165, 1.54) is 4.88 Å². The van der Waals surface area contributed by atoms with E-state index in [1.807, 2.05) is 13.5 Å². The van der Waals surface area contributed by atoms with Crippen LogP contribution in [0.2, 0.25) is 0 Å². The lowest BCUT2D eigenvalue weighted by Crippen LogP contribution is -2.04. The molecular weight excluding hydrogens is 130 g/mol. The summed E-state index contributed by atoms with van der Waals surface area (Å²) >= 11 is 1.78. The van der Waals surface area contributed by atoms with Crippen molar-refractivity contribution >= 4 is 11.3 Å². The highest BCUT2D eigenvalue weighted by atomic mass is 32.1. The van der Waals surface area contributed by atoms with Crippen molar-refractivity contribution in [2.24, 2.45) is 0 Å². The van der Waals surface area contributed by atoms with Crippen LogP contribution in [0.1, 0.15) is 11.8 Å². The predicted molar refractivity (Wildman–Crippen MR) is 41.1 cm³/mol. The molecule has 0 atom stereocenters. The fourth-order valence-corrected chi connectivity index (χ4v) is 1.27. The van der Waals surface area contributed by atoms with Gasteiger partial charge in [-0.25, -0.2) is 0 Å². The van der Waals surface area contributed by atoms with Crippen LogP contribution in [0, 0.1) is 6.54 Å². The molecule has 1 heterocycles. The van der Waals surface area contributed by atoms with Gasteiger partial charge in [-0.1, -0.05) is 6.07 Å². The van der Waals surface area contributed by atoms with Gasteiger partial charge < -0.3 is 5.32 Å². The van der Waals surface area contributed by atoms with Crippen LogP contribution in [0.15, 0.2) is 17.5 Å². The van der Waals surface area contributed by atoms with Crippen LogP contribution >= 0.6 is 11.3 Å². The van der Waals surface area contributed by atoms with Crippen molar-refractivity contribution < 1.29 is 0 Å². The molecule has 0 aromatic carbocycles. The van der Waals surface area contributed by atoms with E-state index >= 15 is 0 Å². The first kappa shape index (κ1) is 6.78. The molecule has 0 aliphatic rings. The highest BCUT2D eigenvalue weighted by molar-refractivity contribution is 7.09. The summed E-state index contributed by atoms with van der Waals surface area (Å²) in [5.41, 5.74) is 0. The summed E-state index contributed by atoms with van der Waals surface area (Å²) in [7, 11) is 0. The standard InChI is InChI=1S/C7H10NS/c1-2-8-6-7-4-3-5-9-7/h2-5,8H,6H2,1H3. The van der Waals surface area contributed by atoms with Crippen LogP contribution in [0.25, 0.3) is 0 Å². The minimum atomic E-state index is 0.966. The van der Waals surface area contributed by atoms with Crippen LogP contribution in [0.5, 0.6) is 0 Å². The Morgan fingerprint density at radius 3 is 3.22 bits per heavy atom. The summed E-state index contributed by atoms with van der Waals surface area (Å²) in [5, 5.41) is 5.23. The van der Waals surface area contributed by atoms with Crippen LogP contribution in [-0.4, -0.2) is 0 Å². The summed E-state index contributed by atoms with van der Waals surface area (Å²) in [6.45, 7) is 4.92. The molecule has 0 bridgehead atoms. The van der Waals surface area contributed by atoms with E-state index in [2.05, 4.69) is 22.8 Å². The molecule has 1 N–H and O–H groups in total. The van der Waals surface area contributed by atoms with Gasteiger partial charge >= 0.3 is 0 Å². The maximum Gasteiger partial charge on any atom is 0.0302 e. The van der Waals surface area contributed by atoms with Gasteiger partial charge in [-0.05, 0) is 18.4 Å². The first-order valence-electron chi connectivity index (χ1n) is 2.97. The fraction of sp³-hybridized carbons (Fsp3) is 0.286. The molecule has 1 nitrogen and oxygen atoms in total. The Hall–Kier alpha value is -0.340. The van der Waals surface area contributed by atoms with E-state index in [9.17, 15) is 0 Å². The predicted octanol–water partition coefficient (Wildman–Crippen LogP) is 2.02. The Morgan fingerprint density at radius 2 is 2.67 bits per heavy atom. The number of thiophene rings is 1. The van der Waals surface area contributed by atoms with Gasteiger partial charge in [-0.2, -0.15) is 0 Å². The monoisotopic (exact) mass is 140 g/mol. The third-order valence-electron chi connectivity index (χ3n) is 1.06. The van der Waals surface area contributed by atoms with E-state index < -0.39 is 0 Å². The van der Waals surface area contributed by atoms with Gasteiger partial charge in [0.2, 0.25) is 0 Å². The van der Waals surface area contributed by atoms with E-state index in [-0.39, 0.29) is 0 Å². The number of hydrogen-bond acceptors (Lipinski definition) is 2. The second-order valence-corrected chi connectivity index (χ2v) is 2.78. The first-order valence-corrected chi connectivity index (χ1v) is 3.85. The second-order valence-electron chi connectivity index (χ2n) is 1.75. The lowest BCUT2D eigenvalue weighted by Gasteiger charge is -1.94. The van der Waals surface area contributed by atoms with Gasteiger partial charge in [-0.15, -0.1) is 11.3 Å². The topological polar surface area (TPSA) is 12.0 Å². The van der Waals surface area contributed by atoms with Gasteiger partial charge in [0.15, 0.2) is 0 Å². The smallest absolute Gasteiger partial charge is 0.0302 e. The Bertz CT molecular complexity index is 146. The maximum absolute atomic E-state index is 3.14. The molecule has 1 aromatic rings. The Balaban J connectivity index is 2.30. The minimum absolute atomic E-state index is 0.966. The zero-order chi connectivity index (χ0) is 6.53. The van der Waals surface area contributed by atoms with E-state index in [0.29, 0.717) is 0 Å². The van der Waals surface area contributed by atoms with Gasteiger partial charge in [0.25, 0.3) is 0 Å². The third kappa shape index (κ3) is 2.16. The van der Waals surface area contributed by atoms with Crippen molar-refractivity contribution in [2.45, 2.75) is 13.5 Å². The van der Waals surface area contributed by atoms with Crippen molar-refractivity contribution in [3.8, 4) is 0 Å². The highest BCUT2D eigenvalue weighted by Gasteiger charge is 1.88. The first-order chi connectivity index (χ1) is 4.43. The third-order valence-corrected chi connectivity index (χ3v) is 1.94. The molecule has 1 radical (unpaired) electrons. The van der Waals surface area contributed by atoms with Gasteiger partial charge in [-0.3, -0.25) is 0 Å². The molecule has 0 saturated carbocycles. The summed E-state index contributed by atoms with van der Waals surface area (Å²) in [6, 6.07) is 4.19. The van der Waals surface area contributed by atoms with Crippen LogP contribution in [-0.2, 0) is 6.54 Å². The van der Waals surface area contributed by atoms with Gasteiger partial charge in [0, 0.05) is 18.0 Å². The number of rotatable bonds is 3. The van der Waals surface area contributed by atoms with Gasteiger partial charge in [0.1, 0.15) is 0 Å². The van der Waals surface area contributed by atoms with Gasteiger partial charge in [0.05, 0.1) is 0 Å². The maximum atomic E-state index is 3.14. The summed E-state index contributed by atoms with van der Waals surface area (Å²) in [6.07, 6.45) is 0. The molecule has 49 valence electrons. The number of nitrogens with one attached hydrogen (secondary N) is 1. The van der Waals surface area contributed by atoms with Crippen molar-refractivity contribution in [1.82, 2.24) is 5.32 Å². The summed E-state index contributed by atoms with van der Waals surface area (Å²) in [4.78, 5) is 1.38. The van der Waals surface area contributed by atoms with Crippen LogP contribution in [0.3, 0.4) is 0 Å². The van der Waals surface area contributed by atoms with Crippen molar-refractivity contribution in [2.75, 3.05) is 0 Å². The number of hydrogen-bond donors (Lipinski definition) is 1. The molecule has 1 aromatic heterocycles. The molecule has 0 unspecified atom stereocenters. The van der Waals surface area contributed by atoms with Crippen molar-refractivity contribution in [3.05, 3.63) is 28.9 Å². The fourth-order valence-electron chi connectivity index (χ4n) is 0.616. The molecule has 0 aliphatic carbocycles. The molecule has 0 fully saturated rings. The van der Waals surface area contributed by atoms with E-state index in [0.717, 1.165) is 6.54 Å². The van der Waals surface area contributed by atoms with Crippen LogP contribution < -0.4 is 5.32 Å². The van der Waals surface area contributed by atoms with Crippen LogP contribution in [0.4, 0.5) is 0 Å². The highest BCUT2D eigenvalue weighted by Crippen LogP contribution is 2.06. The lowest BCUT2D eigenvalue weighted by atomic mass is 10.4. The Labute approximate surface area is 59.7 Å². The molecule has 0 saturated heterocycles. The molecule has 0 spiro atoms. The van der Waals surface area contributed by atoms with E-state index in [4.69, 9.17) is 0 Å². The zero-order valence-corrected chi connectivity index (χ0v) is 6.24. The second kappa shape index (κ2) is 3.64. The molecule has 0 aliphatic heterocycles. The zero-order valence-electron chi connectivity index (χ0n) is 5.42. The van der Waals surface area contributed by atoms with Crippen molar-refractivity contribution in [1.29, 1.82) is 0 Å². The molecule has 9 heavy (non-hydrogen) atoms. The summed E-state index contributed by atoms with van der Waals surface area (Å²) < 4.78 is 0. The molecular formula is C7H10NS. The molecule has 1 rings (SSSR count). The largest absolute Gasteiger partial charge is 0.308 e. The minimum Gasteiger partial charge on any atom is -0.308 e. The molecule has 0 amide bonds. The Morgan fingerprint density at radius 1 is 1.78 bits per heavy atom. The average molecular weight is 140 g/mol. The SMILES string of the molecule is C[CH]NCc1cccs1. The van der Waals surface area contributed by atoms with E-state index in [1.54, 1.807) is 11.3 Å². The lowest BCUT2D eigenvalue weighted by molar-refractivity contribution is 0.818. The molecule has 2 heteroatoms. The quantitative estimate of drug-likeness (QED) is 0.677. The average Bonchev–Trinajstić information content (AvgIpc) is 2.34.